The fraction of sp³-hybridized carbons (Fsp3) is 0.0769. The summed E-state index contributed by atoms with van der Waals surface area (Å²) in [4.78, 5) is 0. The Morgan fingerprint density at radius 3 is 2.19 bits per heavy atom. The van der Waals surface area contributed by atoms with Crippen molar-refractivity contribution in [1.82, 2.24) is 0 Å². The molecule has 2 aromatic rings. The van der Waals surface area contributed by atoms with Crippen molar-refractivity contribution in [3.63, 3.8) is 0 Å². The molecule has 0 aliphatic rings. The smallest absolute Gasteiger partial charge is 0.0843 e. The van der Waals surface area contributed by atoms with Crippen LogP contribution in [0.1, 0.15) is 5.56 Å². The van der Waals surface area contributed by atoms with Gasteiger partial charge in [-0.25, -0.2) is 0 Å². The van der Waals surface area contributed by atoms with Gasteiger partial charge in [-0.1, -0.05) is 41.9 Å². The Kier molecular flexibility index (Phi) is 4.06. The lowest BCUT2D eigenvalue weighted by atomic mass is 10.2. The lowest BCUT2D eigenvalue weighted by Gasteiger charge is -1.95. The Bertz CT molecular complexity index is 479. The molecule has 3 heteroatoms. The number of hydrogen-bond donors (Lipinski definition) is 0. The number of halogens is 1. The van der Waals surface area contributed by atoms with E-state index >= 15 is 0 Å². The predicted molar refractivity (Wildman–Crippen MR) is 75.5 cm³/mol. The van der Waals surface area contributed by atoms with Crippen LogP contribution in [-0.2, 0) is 18.0 Å². The zero-order valence-corrected chi connectivity index (χ0v) is 11.1. The van der Waals surface area contributed by atoms with Gasteiger partial charge in [0, 0.05) is 5.02 Å². The monoisotopic (exact) mass is 265 g/mol. The molecule has 0 spiro atoms. The molecule has 0 aliphatic heterocycles. The molecule has 1 unspecified atom stereocenters. The molecule has 0 bridgehead atoms. The largest absolute Gasteiger partial charge is 0.217 e. The molecule has 0 saturated carbocycles. The van der Waals surface area contributed by atoms with Gasteiger partial charge in [0.05, 0.1) is 0 Å². The minimum Gasteiger partial charge on any atom is -0.0843 e. The summed E-state index contributed by atoms with van der Waals surface area (Å²) < 4.78 is 0. The van der Waals surface area contributed by atoms with Gasteiger partial charge in [0.2, 0.25) is 6.70 Å². The predicted octanol–water partition coefficient (Wildman–Crippen LogP) is 4.11. The summed E-state index contributed by atoms with van der Waals surface area (Å²) in [7, 11) is 0. The normalized spacial score (nSPS) is 11.2. The van der Waals surface area contributed by atoms with Gasteiger partial charge in [-0.05, 0) is 29.8 Å². The quantitative estimate of drug-likeness (QED) is 0.753. The Balaban J connectivity index is 2.11. The van der Waals surface area contributed by atoms with Crippen molar-refractivity contribution in [2.45, 2.75) is 6.16 Å². The van der Waals surface area contributed by atoms with E-state index in [1.165, 1.54) is 10.9 Å². The van der Waals surface area contributed by atoms with Gasteiger partial charge in [-0.15, -0.1) is 0 Å². The van der Waals surface area contributed by atoms with E-state index in [1.807, 2.05) is 42.5 Å². The topological polar surface area (TPSA) is 0 Å². The van der Waals surface area contributed by atoms with E-state index in [4.69, 9.17) is 23.4 Å². The Morgan fingerprint density at radius 2 is 1.56 bits per heavy atom. The van der Waals surface area contributed by atoms with Gasteiger partial charge in [-0.2, -0.15) is 0 Å². The summed E-state index contributed by atoms with van der Waals surface area (Å²) in [6.07, 6.45) is 0.936. The third-order valence-corrected chi connectivity index (χ3v) is 5.08. The lowest BCUT2D eigenvalue weighted by molar-refractivity contribution is 1.41. The van der Waals surface area contributed by atoms with Crippen LogP contribution in [0.25, 0.3) is 0 Å². The van der Waals surface area contributed by atoms with E-state index in [0.717, 1.165) is 11.2 Å². The highest BCUT2D eigenvalue weighted by Crippen LogP contribution is 2.26. The summed E-state index contributed by atoms with van der Waals surface area (Å²) in [5, 5.41) is 2.04. The molecule has 0 aliphatic carbocycles. The second-order valence-corrected chi connectivity index (χ2v) is 6.85. The van der Waals surface area contributed by atoms with Gasteiger partial charge in [0.15, 0.2) is 17.1 Å². The molecule has 0 fully saturated rings. The third kappa shape index (κ3) is 3.12. The van der Waals surface area contributed by atoms with Crippen molar-refractivity contribution < 1.29 is 0 Å². The standard InChI is InChI=1S/C13H11ClPS/c14-12-8-6-11(7-9-12)10-15(16)13-4-2-1-3-5-13/h1-9H,10H2/q+1. The minimum absolute atomic E-state index is 0.521. The van der Waals surface area contributed by atoms with E-state index in [-0.39, 0.29) is 0 Å². The summed E-state index contributed by atoms with van der Waals surface area (Å²) in [5.74, 6) is 0. The molecule has 0 heterocycles. The van der Waals surface area contributed by atoms with E-state index in [2.05, 4.69) is 12.1 Å². The summed E-state index contributed by atoms with van der Waals surface area (Å²) in [6, 6.07) is 18.2. The Morgan fingerprint density at radius 1 is 0.938 bits per heavy atom. The van der Waals surface area contributed by atoms with Crippen LogP contribution in [0.5, 0.6) is 0 Å². The highest BCUT2D eigenvalue weighted by atomic mass is 35.5. The molecule has 0 radical (unpaired) electrons. The highest BCUT2D eigenvalue weighted by Gasteiger charge is 2.13. The maximum atomic E-state index is 5.84. The SMILES string of the molecule is S=[P+](Cc1ccc(Cl)cc1)c1ccccc1. The van der Waals surface area contributed by atoms with Gasteiger partial charge < -0.3 is 0 Å². The minimum atomic E-state index is -0.521. The van der Waals surface area contributed by atoms with Crippen LogP contribution in [0.15, 0.2) is 54.6 Å². The second-order valence-electron chi connectivity index (χ2n) is 3.50. The van der Waals surface area contributed by atoms with E-state index in [9.17, 15) is 0 Å². The van der Waals surface area contributed by atoms with Gasteiger partial charge >= 0.3 is 0 Å². The van der Waals surface area contributed by atoms with E-state index in [0.29, 0.717) is 0 Å². The fourth-order valence-electron chi connectivity index (χ4n) is 1.44. The molecule has 0 nitrogen and oxygen atoms in total. The Labute approximate surface area is 107 Å². The summed E-state index contributed by atoms with van der Waals surface area (Å²) >= 11 is 11.4. The van der Waals surface area contributed by atoms with Crippen LogP contribution in [0.4, 0.5) is 0 Å². The molecule has 0 aromatic heterocycles. The molecule has 0 N–H and O–H groups in total. The highest BCUT2D eigenvalue weighted by molar-refractivity contribution is 8.08. The maximum absolute atomic E-state index is 5.84. The van der Waals surface area contributed by atoms with Crippen LogP contribution in [-0.4, -0.2) is 0 Å². The molecular formula is C13H11ClPS+. The molecule has 80 valence electrons. The van der Waals surface area contributed by atoms with Crippen LogP contribution in [0.3, 0.4) is 0 Å². The molecule has 2 rings (SSSR count). The average molecular weight is 266 g/mol. The first-order valence-electron chi connectivity index (χ1n) is 5.00. The molecule has 2 aromatic carbocycles. The van der Waals surface area contributed by atoms with E-state index in [1.54, 1.807) is 0 Å². The lowest BCUT2D eigenvalue weighted by Crippen LogP contribution is -1.95. The van der Waals surface area contributed by atoms with Gasteiger partial charge in [0.25, 0.3) is 0 Å². The molecule has 0 amide bonds. The van der Waals surface area contributed by atoms with Crippen molar-refractivity contribution in [3.8, 4) is 0 Å². The van der Waals surface area contributed by atoms with Gasteiger partial charge in [-0.3, -0.25) is 0 Å². The molecule has 1 atom stereocenters. The van der Waals surface area contributed by atoms with Crippen molar-refractivity contribution in [2.24, 2.45) is 0 Å². The first-order chi connectivity index (χ1) is 7.75. The number of rotatable bonds is 3. The van der Waals surface area contributed by atoms with Crippen LogP contribution in [0, 0.1) is 0 Å². The first-order valence-corrected chi connectivity index (χ1v) is 7.92. The maximum Gasteiger partial charge on any atom is 0.217 e. The van der Waals surface area contributed by atoms with E-state index < -0.39 is 6.70 Å². The van der Waals surface area contributed by atoms with Crippen molar-refractivity contribution in [2.75, 3.05) is 0 Å². The van der Waals surface area contributed by atoms with Gasteiger partial charge in [0.1, 0.15) is 6.16 Å². The fourth-order valence-corrected chi connectivity index (χ4v) is 3.61. The van der Waals surface area contributed by atoms with Crippen LogP contribution in [0.2, 0.25) is 5.02 Å². The summed E-state index contributed by atoms with van der Waals surface area (Å²) in [6.45, 7) is -0.521. The summed E-state index contributed by atoms with van der Waals surface area (Å²) in [5.41, 5.74) is 1.26. The number of hydrogen-bond acceptors (Lipinski definition) is 1. The molecule has 16 heavy (non-hydrogen) atoms. The average Bonchev–Trinajstić information content (AvgIpc) is 2.33. The van der Waals surface area contributed by atoms with Crippen LogP contribution < -0.4 is 5.30 Å². The second kappa shape index (κ2) is 5.54. The van der Waals surface area contributed by atoms with Crippen molar-refractivity contribution in [1.29, 1.82) is 0 Å². The van der Waals surface area contributed by atoms with Crippen molar-refractivity contribution in [3.05, 3.63) is 65.2 Å². The Hall–Kier alpha value is -0.750. The van der Waals surface area contributed by atoms with Crippen LogP contribution >= 0.6 is 18.3 Å². The zero-order chi connectivity index (χ0) is 11.4. The van der Waals surface area contributed by atoms with Crippen molar-refractivity contribution >= 4 is 35.4 Å². The zero-order valence-electron chi connectivity index (χ0n) is 8.64. The number of benzene rings is 2. The molecule has 0 saturated heterocycles. The third-order valence-electron chi connectivity index (χ3n) is 2.28. The molecular weight excluding hydrogens is 255 g/mol. The first kappa shape index (κ1) is 11.7.